The predicted octanol–water partition coefficient (Wildman–Crippen LogP) is 1.76. The Morgan fingerprint density at radius 3 is 2.29 bits per heavy atom. The third kappa shape index (κ3) is 4.81. The van der Waals surface area contributed by atoms with Gasteiger partial charge in [-0.05, 0) is 31.2 Å². The van der Waals surface area contributed by atoms with E-state index in [4.69, 9.17) is 10.5 Å². The van der Waals surface area contributed by atoms with E-state index in [0.717, 1.165) is 12.2 Å². The maximum atomic E-state index is 11.8. The minimum atomic E-state index is -1.70. The van der Waals surface area contributed by atoms with E-state index in [1.165, 1.54) is 0 Å². The molecule has 0 saturated carbocycles. The molecule has 24 heavy (non-hydrogen) atoms. The highest BCUT2D eigenvalue weighted by atomic mass is 16.5. The van der Waals surface area contributed by atoms with Crippen LogP contribution in [0.25, 0.3) is 0 Å². The number of carbonyl (C=O) groups excluding carboxylic acids is 1. The Bertz CT molecular complexity index is 634. The van der Waals surface area contributed by atoms with Crippen LogP contribution in [0.4, 0.5) is 0 Å². The molecule has 2 rings (SSSR count). The molecule has 0 aliphatic heterocycles. The smallest absolute Gasteiger partial charge is 0.255 e. The van der Waals surface area contributed by atoms with E-state index in [-0.39, 0.29) is 6.54 Å². The Kier molecular flexibility index (Phi) is 6.35. The highest BCUT2D eigenvalue weighted by Gasteiger charge is 2.36. The molecule has 2 aromatic carbocycles. The van der Waals surface area contributed by atoms with E-state index in [2.05, 4.69) is 0 Å². The number of rotatable bonds is 9. The molecule has 0 heterocycles. The van der Waals surface area contributed by atoms with Crippen LogP contribution in [0.3, 0.4) is 0 Å². The fourth-order valence-electron chi connectivity index (χ4n) is 2.54. The number of para-hydroxylation sites is 1. The minimum absolute atomic E-state index is 0.137. The van der Waals surface area contributed by atoms with Crippen LogP contribution in [0, 0.1) is 0 Å². The Morgan fingerprint density at radius 1 is 1.12 bits per heavy atom. The summed E-state index contributed by atoms with van der Waals surface area (Å²) in [6.07, 6.45) is 0.773. The predicted molar refractivity (Wildman–Crippen MR) is 93.6 cm³/mol. The SMILES string of the molecule is CN(CCCOc1ccccc1)CC(O)(C(N)=O)c1ccccc1. The molecular weight excluding hydrogens is 304 g/mol. The summed E-state index contributed by atoms with van der Waals surface area (Å²) < 4.78 is 5.64. The molecular formula is C19H24N2O3. The number of primary amides is 1. The summed E-state index contributed by atoms with van der Waals surface area (Å²) in [6.45, 7) is 1.38. The number of ether oxygens (including phenoxy) is 1. The lowest BCUT2D eigenvalue weighted by atomic mass is 9.92. The number of carbonyl (C=O) groups is 1. The molecule has 1 unspecified atom stereocenters. The Labute approximate surface area is 142 Å². The van der Waals surface area contributed by atoms with Crippen molar-refractivity contribution in [2.24, 2.45) is 5.73 Å². The van der Waals surface area contributed by atoms with Crippen molar-refractivity contribution < 1.29 is 14.6 Å². The van der Waals surface area contributed by atoms with Gasteiger partial charge in [-0.1, -0.05) is 48.5 Å². The number of likely N-dealkylation sites (N-methyl/N-ethyl adjacent to an activating group) is 1. The number of amides is 1. The molecule has 3 N–H and O–H groups in total. The Balaban J connectivity index is 1.85. The number of nitrogens with zero attached hydrogens (tertiary/aromatic N) is 1. The van der Waals surface area contributed by atoms with Crippen LogP contribution < -0.4 is 10.5 Å². The third-order valence-corrected chi connectivity index (χ3v) is 3.85. The number of hydrogen-bond acceptors (Lipinski definition) is 4. The Morgan fingerprint density at radius 2 is 1.71 bits per heavy atom. The molecule has 0 spiro atoms. The van der Waals surface area contributed by atoms with E-state index >= 15 is 0 Å². The number of nitrogens with two attached hydrogens (primary N) is 1. The summed E-state index contributed by atoms with van der Waals surface area (Å²) in [5.41, 5.74) is 4.25. The fraction of sp³-hybridized carbons (Fsp3) is 0.316. The average Bonchev–Trinajstić information content (AvgIpc) is 2.60. The highest BCUT2D eigenvalue weighted by molar-refractivity contribution is 5.85. The third-order valence-electron chi connectivity index (χ3n) is 3.85. The van der Waals surface area contributed by atoms with Crippen molar-refractivity contribution >= 4 is 5.91 Å². The lowest BCUT2D eigenvalue weighted by Gasteiger charge is -2.30. The van der Waals surface area contributed by atoms with Gasteiger partial charge in [-0.15, -0.1) is 0 Å². The number of benzene rings is 2. The van der Waals surface area contributed by atoms with Gasteiger partial charge < -0.3 is 20.5 Å². The molecule has 2 aromatic rings. The van der Waals surface area contributed by atoms with Crippen LogP contribution in [0.15, 0.2) is 60.7 Å². The lowest BCUT2D eigenvalue weighted by molar-refractivity contribution is -0.139. The zero-order chi connectivity index (χ0) is 17.4. The quantitative estimate of drug-likeness (QED) is 0.688. The second-order valence-corrected chi connectivity index (χ2v) is 5.84. The summed E-state index contributed by atoms with van der Waals surface area (Å²) in [4.78, 5) is 13.7. The van der Waals surface area contributed by atoms with Crippen LogP contribution in [-0.2, 0) is 10.4 Å². The van der Waals surface area contributed by atoms with Gasteiger partial charge in [0.1, 0.15) is 5.75 Å². The minimum Gasteiger partial charge on any atom is -0.494 e. The molecule has 0 aliphatic rings. The average molecular weight is 328 g/mol. The van der Waals surface area contributed by atoms with E-state index in [1.54, 1.807) is 24.3 Å². The van der Waals surface area contributed by atoms with Gasteiger partial charge in [0.2, 0.25) is 0 Å². The number of hydrogen-bond donors (Lipinski definition) is 2. The van der Waals surface area contributed by atoms with Gasteiger partial charge in [0.15, 0.2) is 5.60 Å². The second kappa shape index (κ2) is 8.47. The topological polar surface area (TPSA) is 75.8 Å². The second-order valence-electron chi connectivity index (χ2n) is 5.84. The first-order valence-electron chi connectivity index (χ1n) is 7.96. The fourth-order valence-corrected chi connectivity index (χ4v) is 2.54. The summed E-state index contributed by atoms with van der Waals surface area (Å²) >= 11 is 0. The summed E-state index contributed by atoms with van der Waals surface area (Å²) in [5, 5.41) is 10.7. The molecule has 0 radical (unpaired) electrons. The first-order valence-corrected chi connectivity index (χ1v) is 7.96. The first-order chi connectivity index (χ1) is 11.5. The lowest BCUT2D eigenvalue weighted by Crippen LogP contribution is -2.49. The van der Waals surface area contributed by atoms with Crippen LogP contribution >= 0.6 is 0 Å². The molecule has 1 amide bonds. The van der Waals surface area contributed by atoms with Crippen LogP contribution in [0.2, 0.25) is 0 Å². The van der Waals surface area contributed by atoms with Gasteiger partial charge in [0.25, 0.3) is 5.91 Å². The van der Waals surface area contributed by atoms with Gasteiger partial charge >= 0.3 is 0 Å². The maximum Gasteiger partial charge on any atom is 0.255 e. The monoisotopic (exact) mass is 328 g/mol. The normalized spacial score (nSPS) is 13.5. The van der Waals surface area contributed by atoms with Gasteiger partial charge in [-0.2, -0.15) is 0 Å². The van der Waals surface area contributed by atoms with Crippen molar-refractivity contribution in [2.45, 2.75) is 12.0 Å². The Hall–Kier alpha value is -2.37. The first kappa shape index (κ1) is 18.0. The van der Waals surface area contributed by atoms with Gasteiger partial charge in [0, 0.05) is 13.1 Å². The molecule has 5 nitrogen and oxygen atoms in total. The van der Waals surface area contributed by atoms with Crippen molar-refractivity contribution in [3.63, 3.8) is 0 Å². The van der Waals surface area contributed by atoms with Crippen LogP contribution in [-0.4, -0.2) is 42.7 Å². The van der Waals surface area contributed by atoms with Gasteiger partial charge in [-0.3, -0.25) is 4.79 Å². The van der Waals surface area contributed by atoms with Crippen molar-refractivity contribution in [3.05, 3.63) is 66.2 Å². The zero-order valence-corrected chi connectivity index (χ0v) is 13.9. The van der Waals surface area contributed by atoms with E-state index in [9.17, 15) is 9.90 Å². The summed E-state index contributed by atoms with van der Waals surface area (Å²) in [7, 11) is 1.85. The largest absolute Gasteiger partial charge is 0.494 e. The molecule has 0 bridgehead atoms. The van der Waals surface area contributed by atoms with Crippen molar-refractivity contribution in [3.8, 4) is 5.75 Å². The van der Waals surface area contributed by atoms with Gasteiger partial charge in [-0.25, -0.2) is 0 Å². The molecule has 0 fully saturated rings. The molecule has 0 aliphatic carbocycles. The van der Waals surface area contributed by atoms with E-state index < -0.39 is 11.5 Å². The molecule has 1 atom stereocenters. The van der Waals surface area contributed by atoms with Gasteiger partial charge in [0.05, 0.1) is 6.61 Å². The van der Waals surface area contributed by atoms with E-state index in [0.29, 0.717) is 18.7 Å². The highest BCUT2D eigenvalue weighted by Crippen LogP contribution is 2.21. The summed E-state index contributed by atoms with van der Waals surface area (Å²) in [5.74, 6) is 0.0826. The maximum absolute atomic E-state index is 11.8. The number of aliphatic hydroxyl groups is 1. The summed E-state index contributed by atoms with van der Waals surface area (Å²) in [6, 6.07) is 18.4. The molecule has 5 heteroatoms. The van der Waals surface area contributed by atoms with Crippen molar-refractivity contribution in [2.75, 3.05) is 26.7 Å². The van der Waals surface area contributed by atoms with E-state index in [1.807, 2.05) is 48.3 Å². The van der Waals surface area contributed by atoms with Crippen molar-refractivity contribution in [1.82, 2.24) is 4.90 Å². The standard InChI is InChI=1S/C19H24N2O3/c1-21(13-8-14-24-17-11-6-3-7-12-17)15-19(23,18(20)22)16-9-4-2-5-10-16/h2-7,9-12,23H,8,13-15H2,1H3,(H2,20,22). The molecule has 128 valence electrons. The van der Waals surface area contributed by atoms with Crippen LogP contribution in [0.1, 0.15) is 12.0 Å². The zero-order valence-electron chi connectivity index (χ0n) is 13.9. The van der Waals surface area contributed by atoms with Crippen LogP contribution in [0.5, 0.6) is 5.75 Å². The molecule has 0 saturated heterocycles. The molecule has 0 aromatic heterocycles. The van der Waals surface area contributed by atoms with Crippen molar-refractivity contribution in [1.29, 1.82) is 0 Å².